The van der Waals surface area contributed by atoms with Crippen LogP contribution in [0, 0.1) is 6.92 Å². The predicted molar refractivity (Wildman–Crippen MR) is 209 cm³/mol. The van der Waals surface area contributed by atoms with Gasteiger partial charge in [-0.1, -0.05) is 127 Å². The fraction of sp³-hybridized carbons (Fsp3) is 0.0217. The van der Waals surface area contributed by atoms with Crippen molar-refractivity contribution in [1.82, 2.24) is 29.3 Å². The van der Waals surface area contributed by atoms with Crippen molar-refractivity contribution in [3.8, 4) is 79.1 Å². The first-order valence-corrected chi connectivity index (χ1v) is 17.3. The molecular formula is C46H32N6. The molecule has 6 heteroatoms. The molecule has 0 atom stereocenters. The van der Waals surface area contributed by atoms with Crippen LogP contribution in [0.2, 0.25) is 0 Å². The first-order valence-electron chi connectivity index (χ1n) is 17.3. The minimum Gasteiger partial charge on any atom is -0.299 e. The van der Waals surface area contributed by atoms with E-state index in [2.05, 4.69) is 77.3 Å². The van der Waals surface area contributed by atoms with Gasteiger partial charge in [0, 0.05) is 45.3 Å². The molecule has 0 saturated carbocycles. The number of hydrogen-bond acceptors (Lipinski definition) is 5. The van der Waals surface area contributed by atoms with Crippen LogP contribution in [0.4, 0.5) is 0 Å². The fourth-order valence-electron chi connectivity index (χ4n) is 6.60. The van der Waals surface area contributed by atoms with Gasteiger partial charge in [-0.15, -0.1) is 0 Å². The van der Waals surface area contributed by atoms with Gasteiger partial charge >= 0.3 is 0 Å². The molecule has 0 aliphatic heterocycles. The van der Waals surface area contributed by atoms with Crippen LogP contribution < -0.4 is 0 Å². The third-order valence-corrected chi connectivity index (χ3v) is 9.14. The molecule has 9 rings (SSSR count). The first kappa shape index (κ1) is 31.0. The summed E-state index contributed by atoms with van der Waals surface area (Å²) in [6.07, 6.45) is 2.07. The Morgan fingerprint density at radius 3 is 1.54 bits per heavy atom. The number of pyridine rings is 2. The highest BCUT2D eigenvalue weighted by atomic mass is 15.0. The van der Waals surface area contributed by atoms with Crippen LogP contribution in [0.3, 0.4) is 0 Å². The van der Waals surface area contributed by atoms with Gasteiger partial charge in [-0.3, -0.25) is 9.38 Å². The van der Waals surface area contributed by atoms with E-state index in [1.807, 2.05) is 110 Å². The molecular weight excluding hydrogens is 637 g/mol. The third kappa shape index (κ3) is 6.03. The SMILES string of the molecule is Cc1cccc(-c2cc(-c3ccc(-c4nc5ccccn5c4-c4ccccc4)cc3)cc(-c3nc(-c4ccccc4)nc(-c4ccccc4)n3)c2)n1. The Morgan fingerprint density at radius 2 is 0.904 bits per heavy atom. The second kappa shape index (κ2) is 13.3. The summed E-state index contributed by atoms with van der Waals surface area (Å²) < 4.78 is 2.16. The van der Waals surface area contributed by atoms with Crippen molar-refractivity contribution in [3.05, 3.63) is 182 Å². The minimum atomic E-state index is 0.595. The van der Waals surface area contributed by atoms with Crippen molar-refractivity contribution in [1.29, 1.82) is 0 Å². The normalized spacial score (nSPS) is 11.2. The number of hydrogen-bond donors (Lipinski definition) is 0. The molecule has 0 saturated heterocycles. The number of rotatable bonds is 7. The summed E-state index contributed by atoms with van der Waals surface area (Å²) in [5.74, 6) is 1.84. The van der Waals surface area contributed by atoms with Crippen molar-refractivity contribution in [2.45, 2.75) is 6.92 Å². The molecule has 5 aromatic carbocycles. The molecule has 4 aromatic heterocycles. The van der Waals surface area contributed by atoms with E-state index in [0.717, 1.165) is 72.9 Å². The molecule has 0 aliphatic carbocycles. The molecule has 0 spiro atoms. The van der Waals surface area contributed by atoms with Crippen LogP contribution in [-0.2, 0) is 0 Å². The van der Waals surface area contributed by atoms with Crippen LogP contribution in [0.15, 0.2) is 176 Å². The lowest BCUT2D eigenvalue weighted by molar-refractivity contribution is 1.07. The van der Waals surface area contributed by atoms with E-state index in [-0.39, 0.29) is 0 Å². The molecule has 0 bridgehead atoms. The van der Waals surface area contributed by atoms with Gasteiger partial charge in [-0.05, 0) is 60.5 Å². The smallest absolute Gasteiger partial charge is 0.164 e. The van der Waals surface area contributed by atoms with Crippen molar-refractivity contribution < 1.29 is 0 Å². The van der Waals surface area contributed by atoms with Gasteiger partial charge in [0.05, 0.1) is 17.1 Å². The molecule has 246 valence electrons. The zero-order chi connectivity index (χ0) is 34.9. The summed E-state index contributed by atoms with van der Waals surface area (Å²) in [4.78, 5) is 25.0. The maximum atomic E-state index is 5.08. The minimum absolute atomic E-state index is 0.595. The van der Waals surface area contributed by atoms with Crippen molar-refractivity contribution in [3.63, 3.8) is 0 Å². The number of fused-ring (bicyclic) bond motifs is 1. The lowest BCUT2D eigenvalue weighted by Crippen LogP contribution is -2.00. The molecule has 0 aliphatic rings. The average molecular weight is 669 g/mol. The molecule has 4 heterocycles. The number of aromatic nitrogens is 6. The van der Waals surface area contributed by atoms with Crippen molar-refractivity contribution in [2.24, 2.45) is 0 Å². The zero-order valence-corrected chi connectivity index (χ0v) is 28.4. The average Bonchev–Trinajstić information content (AvgIpc) is 3.61. The van der Waals surface area contributed by atoms with E-state index in [4.69, 9.17) is 24.9 Å². The standard InChI is InChI=1S/C46H32N6/c1-31-14-13-21-40(47-31)38-28-37(29-39(30-38)46-50-44(35-17-7-3-8-18-35)49-45(51-46)36-19-9-4-10-20-36)32-23-25-33(26-24-32)42-43(34-15-5-2-6-16-34)52-27-12-11-22-41(52)48-42/h2-30H,1H3. The van der Waals surface area contributed by atoms with Gasteiger partial charge < -0.3 is 0 Å². The van der Waals surface area contributed by atoms with E-state index in [1.165, 1.54) is 0 Å². The van der Waals surface area contributed by atoms with Crippen molar-refractivity contribution in [2.75, 3.05) is 0 Å². The number of nitrogens with zero attached hydrogens (tertiary/aromatic N) is 6. The van der Waals surface area contributed by atoms with Crippen LogP contribution in [0.1, 0.15) is 5.69 Å². The van der Waals surface area contributed by atoms with E-state index in [1.54, 1.807) is 0 Å². The number of imidazole rings is 1. The fourth-order valence-corrected chi connectivity index (χ4v) is 6.60. The Morgan fingerprint density at radius 1 is 0.365 bits per heavy atom. The lowest BCUT2D eigenvalue weighted by Gasteiger charge is -2.13. The number of aryl methyl sites for hydroxylation is 1. The Labute approximate surface area is 301 Å². The summed E-state index contributed by atoms with van der Waals surface area (Å²) in [5.41, 5.74) is 12.7. The Kier molecular flexibility index (Phi) is 7.95. The quantitative estimate of drug-likeness (QED) is 0.169. The lowest BCUT2D eigenvalue weighted by atomic mass is 9.96. The van der Waals surface area contributed by atoms with Gasteiger partial charge in [0.1, 0.15) is 5.65 Å². The largest absolute Gasteiger partial charge is 0.299 e. The van der Waals surface area contributed by atoms with E-state index < -0.39 is 0 Å². The van der Waals surface area contributed by atoms with Crippen LogP contribution >= 0.6 is 0 Å². The van der Waals surface area contributed by atoms with Gasteiger partial charge in [0.15, 0.2) is 17.5 Å². The third-order valence-electron chi connectivity index (χ3n) is 9.14. The molecule has 52 heavy (non-hydrogen) atoms. The Bertz CT molecular complexity index is 2610. The van der Waals surface area contributed by atoms with Crippen molar-refractivity contribution >= 4 is 5.65 Å². The molecule has 0 fully saturated rings. The highest BCUT2D eigenvalue weighted by Gasteiger charge is 2.18. The van der Waals surface area contributed by atoms with E-state index in [9.17, 15) is 0 Å². The summed E-state index contributed by atoms with van der Waals surface area (Å²) in [6, 6.07) is 57.9. The number of benzene rings is 5. The molecule has 0 amide bonds. The molecule has 0 N–H and O–H groups in total. The van der Waals surface area contributed by atoms with E-state index >= 15 is 0 Å². The Balaban J connectivity index is 1.19. The van der Waals surface area contributed by atoms with Crippen LogP contribution in [-0.4, -0.2) is 29.3 Å². The topological polar surface area (TPSA) is 68.9 Å². The van der Waals surface area contributed by atoms with Gasteiger partial charge in [-0.2, -0.15) is 0 Å². The molecule has 6 nitrogen and oxygen atoms in total. The molecule has 9 aromatic rings. The maximum Gasteiger partial charge on any atom is 0.164 e. The van der Waals surface area contributed by atoms with Gasteiger partial charge in [-0.25, -0.2) is 19.9 Å². The second-order valence-electron chi connectivity index (χ2n) is 12.7. The second-order valence-corrected chi connectivity index (χ2v) is 12.7. The van der Waals surface area contributed by atoms with Crippen LogP contribution in [0.25, 0.3) is 84.7 Å². The van der Waals surface area contributed by atoms with Crippen LogP contribution in [0.5, 0.6) is 0 Å². The molecule has 0 radical (unpaired) electrons. The summed E-state index contributed by atoms with van der Waals surface area (Å²) in [5, 5.41) is 0. The van der Waals surface area contributed by atoms with Gasteiger partial charge in [0.25, 0.3) is 0 Å². The Hall–Kier alpha value is -7.05. The van der Waals surface area contributed by atoms with Gasteiger partial charge in [0.2, 0.25) is 0 Å². The predicted octanol–water partition coefficient (Wildman–Crippen LogP) is 10.9. The highest BCUT2D eigenvalue weighted by Crippen LogP contribution is 2.36. The summed E-state index contributed by atoms with van der Waals surface area (Å²) in [6.45, 7) is 2.01. The highest BCUT2D eigenvalue weighted by molar-refractivity contribution is 5.84. The van der Waals surface area contributed by atoms with E-state index in [0.29, 0.717) is 17.5 Å². The molecule has 0 unspecified atom stereocenters. The summed E-state index contributed by atoms with van der Waals surface area (Å²) >= 11 is 0. The monoisotopic (exact) mass is 668 g/mol. The summed E-state index contributed by atoms with van der Waals surface area (Å²) in [7, 11) is 0. The maximum absolute atomic E-state index is 5.08. The zero-order valence-electron chi connectivity index (χ0n) is 28.4. The first-order chi connectivity index (χ1) is 25.7.